The number of thiazole rings is 1. The van der Waals surface area contributed by atoms with Crippen molar-refractivity contribution in [3.63, 3.8) is 0 Å². The summed E-state index contributed by atoms with van der Waals surface area (Å²) in [6.07, 6.45) is 1.77. The summed E-state index contributed by atoms with van der Waals surface area (Å²) >= 11 is 7.21. The van der Waals surface area contributed by atoms with Crippen molar-refractivity contribution < 1.29 is 4.79 Å². The van der Waals surface area contributed by atoms with Gasteiger partial charge in [0.2, 0.25) is 5.91 Å². The lowest BCUT2D eigenvalue weighted by Crippen LogP contribution is -2.47. The van der Waals surface area contributed by atoms with Crippen LogP contribution in [-0.4, -0.2) is 47.4 Å². The van der Waals surface area contributed by atoms with Crippen LogP contribution in [0.15, 0.2) is 6.20 Å². The summed E-state index contributed by atoms with van der Waals surface area (Å²) in [5.74, 6) is 0.178. The molecule has 2 heterocycles. The number of halogens is 1. The fraction of sp³-hybridized carbons (Fsp3) is 0.556. The molecule has 1 saturated heterocycles. The van der Waals surface area contributed by atoms with Crippen molar-refractivity contribution in [2.45, 2.75) is 6.54 Å². The zero-order chi connectivity index (χ0) is 10.8. The largest absolute Gasteiger partial charge is 0.343 e. The summed E-state index contributed by atoms with van der Waals surface area (Å²) < 4.78 is 0.561. The lowest BCUT2D eigenvalue weighted by Gasteiger charge is -2.31. The molecular formula is C9H12ClN3OS. The number of amides is 1. The van der Waals surface area contributed by atoms with Gasteiger partial charge in [-0.1, -0.05) is 11.6 Å². The zero-order valence-corrected chi connectivity index (χ0v) is 10.0. The Balaban J connectivity index is 1.93. The van der Waals surface area contributed by atoms with E-state index in [0.717, 1.165) is 24.5 Å². The third-order valence-electron chi connectivity index (χ3n) is 2.44. The molecule has 1 fully saturated rings. The maximum Gasteiger partial charge on any atom is 0.236 e. The first kappa shape index (κ1) is 10.9. The average molecular weight is 246 g/mol. The van der Waals surface area contributed by atoms with Crippen LogP contribution in [0, 0.1) is 0 Å². The van der Waals surface area contributed by atoms with Crippen molar-refractivity contribution in [2.24, 2.45) is 0 Å². The van der Waals surface area contributed by atoms with Crippen molar-refractivity contribution in [2.75, 3.05) is 26.7 Å². The zero-order valence-electron chi connectivity index (χ0n) is 8.44. The number of aromatic nitrogens is 1. The predicted molar refractivity (Wildman–Crippen MR) is 60.0 cm³/mol. The van der Waals surface area contributed by atoms with E-state index in [1.807, 2.05) is 7.05 Å². The fourth-order valence-electron chi connectivity index (χ4n) is 1.52. The summed E-state index contributed by atoms with van der Waals surface area (Å²) in [7, 11) is 1.84. The molecule has 2 rings (SSSR count). The maximum absolute atomic E-state index is 11.4. The highest BCUT2D eigenvalue weighted by Crippen LogP contribution is 2.19. The third kappa shape index (κ3) is 2.68. The highest BCUT2D eigenvalue weighted by atomic mass is 35.5. The average Bonchev–Trinajstić information content (AvgIpc) is 2.58. The number of hydrogen-bond donors (Lipinski definition) is 0. The highest BCUT2D eigenvalue weighted by molar-refractivity contribution is 7.15. The summed E-state index contributed by atoms with van der Waals surface area (Å²) in [4.78, 5) is 20.4. The minimum atomic E-state index is 0.178. The first-order chi connectivity index (χ1) is 7.15. The minimum Gasteiger partial charge on any atom is -0.343 e. The predicted octanol–water partition coefficient (Wildman–Crippen LogP) is 1.07. The second kappa shape index (κ2) is 4.47. The molecule has 0 bridgehead atoms. The Hall–Kier alpha value is -0.650. The number of likely N-dealkylation sites (N-methyl/N-ethyl adjacent to an activating group) is 1. The van der Waals surface area contributed by atoms with Gasteiger partial charge in [0.15, 0.2) is 4.47 Å². The molecule has 6 heteroatoms. The molecule has 0 N–H and O–H groups in total. The van der Waals surface area contributed by atoms with E-state index >= 15 is 0 Å². The van der Waals surface area contributed by atoms with Gasteiger partial charge in [0.1, 0.15) is 0 Å². The normalized spacial score (nSPS) is 18.5. The van der Waals surface area contributed by atoms with Gasteiger partial charge in [-0.2, -0.15) is 0 Å². The third-order valence-corrected chi connectivity index (χ3v) is 3.54. The van der Waals surface area contributed by atoms with E-state index in [0.29, 0.717) is 11.0 Å². The van der Waals surface area contributed by atoms with E-state index in [2.05, 4.69) is 9.88 Å². The van der Waals surface area contributed by atoms with E-state index in [4.69, 9.17) is 11.6 Å². The molecule has 0 unspecified atom stereocenters. The van der Waals surface area contributed by atoms with Gasteiger partial charge in [0.05, 0.1) is 6.54 Å². The van der Waals surface area contributed by atoms with Crippen LogP contribution in [0.25, 0.3) is 0 Å². The molecule has 1 aromatic heterocycles. The second-order valence-corrected chi connectivity index (χ2v) is 5.30. The summed E-state index contributed by atoms with van der Waals surface area (Å²) in [5, 5.41) is 0. The number of carbonyl (C=O) groups excluding carboxylic acids is 1. The first-order valence-electron chi connectivity index (χ1n) is 4.71. The van der Waals surface area contributed by atoms with Crippen molar-refractivity contribution in [1.29, 1.82) is 0 Å². The minimum absolute atomic E-state index is 0.178. The molecule has 4 nitrogen and oxygen atoms in total. The Kier molecular flexibility index (Phi) is 3.23. The molecule has 1 aromatic rings. The molecule has 82 valence electrons. The van der Waals surface area contributed by atoms with Gasteiger partial charge in [-0.15, -0.1) is 11.3 Å². The van der Waals surface area contributed by atoms with Crippen LogP contribution in [0.2, 0.25) is 4.47 Å². The first-order valence-corrected chi connectivity index (χ1v) is 5.91. The van der Waals surface area contributed by atoms with Gasteiger partial charge in [0.25, 0.3) is 0 Å². The number of nitrogens with zero attached hydrogens (tertiary/aromatic N) is 3. The van der Waals surface area contributed by atoms with Gasteiger partial charge < -0.3 is 4.90 Å². The van der Waals surface area contributed by atoms with Gasteiger partial charge in [-0.05, 0) is 0 Å². The van der Waals surface area contributed by atoms with Gasteiger partial charge in [-0.3, -0.25) is 9.69 Å². The van der Waals surface area contributed by atoms with Crippen molar-refractivity contribution in [3.05, 3.63) is 15.5 Å². The molecule has 1 aliphatic rings. The number of piperazine rings is 1. The number of rotatable bonds is 2. The molecule has 0 saturated carbocycles. The molecule has 15 heavy (non-hydrogen) atoms. The molecule has 0 aliphatic carbocycles. The molecule has 0 atom stereocenters. The highest BCUT2D eigenvalue weighted by Gasteiger charge is 2.21. The molecule has 1 aliphatic heterocycles. The van der Waals surface area contributed by atoms with Crippen LogP contribution in [0.3, 0.4) is 0 Å². The lowest BCUT2D eigenvalue weighted by molar-refractivity contribution is -0.134. The maximum atomic E-state index is 11.4. The van der Waals surface area contributed by atoms with Crippen molar-refractivity contribution in [1.82, 2.24) is 14.8 Å². The van der Waals surface area contributed by atoms with E-state index in [-0.39, 0.29) is 5.91 Å². The smallest absolute Gasteiger partial charge is 0.236 e. The van der Waals surface area contributed by atoms with Crippen LogP contribution < -0.4 is 0 Å². The Morgan fingerprint density at radius 1 is 1.60 bits per heavy atom. The van der Waals surface area contributed by atoms with Crippen LogP contribution in [0.5, 0.6) is 0 Å². The topological polar surface area (TPSA) is 36.4 Å². The summed E-state index contributed by atoms with van der Waals surface area (Å²) in [6, 6.07) is 0. The standard InChI is InChI=1S/C9H12ClN3OS/c1-12-2-3-13(6-8(12)14)5-7-4-11-9(10)15-7/h4H,2-3,5-6H2,1H3. The Labute approximate surface area is 97.5 Å². The fourth-order valence-corrected chi connectivity index (χ4v) is 2.54. The van der Waals surface area contributed by atoms with Crippen molar-refractivity contribution >= 4 is 28.8 Å². The summed E-state index contributed by atoms with van der Waals surface area (Å²) in [6.45, 7) is 2.97. The van der Waals surface area contributed by atoms with Gasteiger partial charge in [0, 0.05) is 37.8 Å². The molecular weight excluding hydrogens is 234 g/mol. The summed E-state index contributed by atoms with van der Waals surface area (Å²) in [5.41, 5.74) is 0. The Bertz CT molecular complexity index is 368. The van der Waals surface area contributed by atoms with E-state index in [9.17, 15) is 4.79 Å². The quantitative estimate of drug-likeness (QED) is 0.782. The van der Waals surface area contributed by atoms with Gasteiger partial charge in [-0.25, -0.2) is 4.98 Å². The van der Waals surface area contributed by atoms with E-state index in [1.54, 1.807) is 11.1 Å². The van der Waals surface area contributed by atoms with E-state index < -0.39 is 0 Å². The Morgan fingerprint density at radius 3 is 3.00 bits per heavy atom. The monoisotopic (exact) mass is 245 g/mol. The van der Waals surface area contributed by atoms with Gasteiger partial charge >= 0.3 is 0 Å². The van der Waals surface area contributed by atoms with Crippen LogP contribution >= 0.6 is 22.9 Å². The lowest BCUT2D eigenvalue weighted by atomic mass is 10.3. The Morgan fingerprint density at radius 2 is 2.40 bits per heavy atom. The van der Waals surface area contributed by atoms with Crippen molar-refractivity contribution in [3.8, 4) is 0 Å². The number of carbonyl (C=O) groups is 1. The molecule has 0 radical (unpaired) electrons. The van der Waals surface area contributed by atoms with Crippen LogP contribution in [0.1, 0.15) is 4.88 Å². The molecule has 0 aromatic carbocycles. The molecule has 0 spiro atoms. The van der Waals surface area contributed by atoms with Crippen LogP contribution in [0.4, 0.5) is 0 Å². The van der Waals surface area contributed by atoms with Crippen LogP contribution in [-0.2, 0) is 11.3 Å². The number of hydrogen-bond acceptors (Lipinski definition) is 4. The SMILES string of the molecule is CN1CCN(Cc2cnc(Cl)s2)CC1=O. The van der Waals surface area contributed by atoms with E-state index in [1.165, 1.54) is 11.3 Å². The second-order valence-electron chi connectivity index (χ2n) is 3.61. The molecule has 1 amide bonds.